The van der Waals surface area contributed by atoms with Crippen LogP contribution in [-0.2, 0) is 6.42 Å². The van der Waals surface area contributed by atoms with Crippen molar-refractivity contribution in [3.63, 3.8) is 0 Å². The summed E-state index contributed by atoms with van der Waals surface area (Å²) in [7, 11) is 1.68. The largest absolute Gasteiger partial charge is 0.496 e. The predicted molar refractivity (Wildman–Crippen MR) is 81.1 cm³/mol. The van der Waals surface area contributed by atoms with Crippen molar-refractivity contribution in [2.75, 3.05) is 7.11 Å². The van der Waals surface area contributed by atoms with Gasteiger partial charge in [0.25, 0.3) is 0 Å². The van der Waals surface area contributed by atoms with Crippen LogP contribution in [0.25, 0.3) is 0 Å². The summed E-state index contributed by atoms with van der Waals surface area (Å²) in [5.41, 5.74) is 4.43. The Kier molecular flexibility index (Phi) is 5.18. The molecule has 0 saturated carbocycles. The lowest BCUT2D eigenvalue weighted by molar-refractivity contribution is 0.172. The number of rotatable bonds is 5. The molecule has 1 heterocycles. The van der Waals surface area contributed by atoms with Crippen LogP contribution in [0.4, 0.5) is 0 Å². The fourth-order valence-corrected chi connectivity index (χ4v) is 2.96. The number of allylic oxidation sites excluding steroid dienone is 1. The number of aliphatic hydroxyl groups is 1. The molecule has 1 unspecified atom stereocenters. The third-order valence-corrected chi connectivity index (χ3v) is 4.06. The molecule has 1 aliphatic carbocycles. The van der Waals surface area contributed by atoms with Gasteiger partial charge in [-0.25, -0.2) is 0 Å². The highest BCUT2D eigenvalue weighted by atomic mass is 16.5. The molecule has 0 radical (unpaired) electrons. The van der Waals surface area contributed by atoms with E-state index in [2.05, 4.69) is 11.1 Å². The quantitative estimate of drug-likeness (QED) is 0.836. The van der Waals surface area contributed by atoms with Gasteiger partial charge in [-0.3, -0.25) is 4.98 Å². The second-order valence-corrected chi connectivity index (χ2v) is 5.72. The van der Waals surface area contributed by atoms with Crippen LogP contribution in [0.15, 0.2) is 17.8 Å². The van der Waals surface area contributed by atoms with E-state index in [0.717, 1.165) is 41.8 Å². The van der Waals surface area contributed by atoms with E-state index in [1.54, 1.807) is 7.11 Å². The molecule has 0 saturated heterocycles. The second kappa shape index (κ2) is 6.89. The molecule has 1 aromatic rings. The van der Waals surface area contributed by atoms with Crippen LogP contribution in [-0.4, -0.2) is 23.3 Å². The SMILES string of the molecule is COc1c(C)cnc(CC(O)CC2=CCCCC2)c1C. The van der Waals surface area contributed by atoms with Crippen molar-refractivity contribution in [3.8, 4) is 5.75 Å². The third kappa shape index (κ3) is 3.60. The molecule has 1 aliphatic rings. The van der Waals surface area contributed by atoms with Crippen LogP contribution in [0.3, 0.4) is 0 Å². The number of aryl methyl sites for hydroxylation is 1. The monoisotopic (exact) mass is 275 g/mol. The van der Waals surface area contributed by atoms with E-state index >= 15 is 0 Å². The van der Waals surface area contributed by atoms with Gasteiger partial charge in [-0.1, -0.05) is 11.6 Å². The topological polar surface area (TPSA) is 42.4 Å². The van der Waals surface area contributed by atoms with Crippen molar-refractivity contribution in [2.45, 2.75) is 58.5 Å². The molecule has 0 amide bonds. The molecule has 1 atom stereocenters. The van der Waals surface area contributed by atoms with Gasteiger partial charge in [0.05, 0.1) is 13.2 Å². The van der Waals surface area contributed by atoms with E-state index in [0.29, 0.717) is 6.42 Å². The van der Waals surface area contributed by atoms with Gasteiger partial charge in [-0.2, -0.15) is 0 Å². The van der Waals surface area contributed by atoms with E-state index in [1.165, 1.54) is 18.4 Å². The molecule has 0 bridgehead atoms. The molecule has 3 nitrogen and oxygen atoms in total. The summed E-state index contributed by atoms with van der Waals surface area (Å²) in [4.78, 5) is 4.46. The Morgan fingerprint density at radius 2 is 2.10 bits per heavy atom. The summed E-state index contributed by atoms with van der Waals surface area (Å²) in [6.45, 7) is 4.01. The number of aliphatic hydroxyl groups excluding tert-OH is 1. The molecule has 0 spiro atoms. The summed E-state index contributed by atoms with van der Waals surface area (Å²) < 4.78 is 5.41. The first-order valence-corrected chi connectivity index (χ1v) is 7.47. The third-order valence-electron chi connectivity index (χ3n) is 4.06. The minimum Gasteiger partial charge on any atom is -0.496 e. The van der Waals surface area contributed by atoms with Crippen LogP contribution < -0.4 is 4.74 Å². The Morgan fingerprint density at radius 1 is 1.30 bits per heavy atom. The van der Waals surface area contributed by atoms with Crippen LogP contribution in [0.5, 0.6) is 5.75 Å². The number of hydrogen-bond donors (Lipinski definition) is 1. The fraction of sp³-hybridized carbons (Fsp3) is 0.588. The number of aromatic nitrogens is 1. The van der Waals surface area contributed by atoms with Crippen LogP contribution in [0.2, 0.25) is 0 Å². The molecular weight excluding hydrogens is 250 g/mol. The van der Waals surface area contributed by atoms with Crippen molar-refractivity contribution in [2.24, 2.45) is 0 Å². The average molecular weight is 275 g/mol. The Bertz CT molecular complexity index is 494. The molecule has 0 aromatic carbocycles. The van der Waals surface area contributed by atoms with Crippen molar-refractivity contribution < 1.29 is 9.84 Å². The Balaban J connectivity index is 2.04. The average Bonchev–Trinajstić information content (AvgIpc) is 2.44. The maximum atomic E-state index is 10.3. The maximum Gasteiger partial charge on any atom is 0.128 e. The van der Waals surface area contributed by atoms with Crippen LogP contribution >= 0.6 is 0 Å². The van der Waals surface area contributed by atoms with Gasteiger partial charge in [0, 0.05) is 29.4 Å². The number of pyridine rings is 1. The summed E-state index contributed by atoms with van der Waals surface area (Å²) in [6, 6.07) is 0. The highest BCUT2D eigenvalue weighted by Gasteiger charge is 2.15. The van der Waals surface area contributed by atoms with Gasteiger partial charge < -0.3 is 9.84 Å². The lowest BCUT2D eigenvalue weighted by Gasteiger charge is -2.18. The first-order valence-electron chi connectivity index (χ1n) is 7.47. The van der Waals surface area contributed by atoms with Crippen LogP contribution in [0, 0.1) is 13.8 Å². The molecule has 110 valence electrons. The van der Waals surface area contributed by atoms with Crippen molar-refractivity contribution in [3.05, 3.63) is 34.7 Å². The predicted octanol–water partition coefficient (Wildman–Crippen LogP) is 3.50. The molecule has 1 N–H and O–H groups in total. The number of ether oxygens (including phenoxy) is 1. The molecule has 20 heavy (non-hydrogen) atoms. The van der Waals surface area contributed by atoms with E-state index < -0.39 is 0 Å². The van der Waals surface area contributed by atoms with Crippen molar-refractivity contribution >= 4 is 0 Å². The summed E-state index contributed by atoms with van der Waals surface area (Å²) >= 11 is 0. The van der Waals surface area contributed by atoms with Gasteiger partial charge >= 0.3 is 0 Å². The van der Waals surface area contributed by atoms with Gasteiger partial charge in [-0.05, 0) is 46.0 Å². The minimum atomic E-state index is -0.349. The Morgan fingerprint density at radius 3 is 2.75 bits per heavy atom. The molecule has 0 fully saturated rings. The summed E-state index contributed by atoms with van der Waals surface area (Å²) in [5, 5.41) is 10.3. The van der Waals surface area contributed by atoms with Gasteiger partial charge in [0.2, 0.25) is 0 Å². The van der Waals surface area contributed by atoms with Crippen molar-refractivity contribution in [1.82, 2.24) is 4.98 Å². The first kappa shape index (κ1) is 15.0. The molecule has 3 heteroatoms. The van der Waals surface area contributed by atoms with Crippen molar-refractivity contribution in [1.29, 1.82) is 0 Å². The zero-order valence-electron chi connectivity index (χ0n) is 12.8. The van der Waals surface area contributed by atoms with E-state index in [4.69, 9.17) is 4.74 Å². The van der Waals surface area contributed by atoms with Crippen LogP contribution in [0.1, 0.15) is 48.9 Å². The zero-order chi connectivity index (χ0) is 14.5. The maximum absolute atomic E-state index is 10.3. The van der Waals surface area contributed by atoms with E-state index in [-0.39, 0.29) is 6.10 Å². The van der Waals surface area contributed by atoms with Gasteiger partial charge in [0.1, 0.15) is 5.75 Å². The molecule has 2 rings (SSSR count). The number of nitrogens with zero attached hydrogens (tertiary/aromatic N) is 1. The normalized spacial score (nSPS) is 16.7. The Labute approximate surface area is 121 Å². The highest BCUT2D eigenvalue weighted by Crippen LogP contribution is 2.26. The Hall–Kier alpha value is -1.35. The van der Waals surface area contributed by atoms with Gasteiger partial charge in [0.15, 0.2) is 0 Å². The minimum absolute atomic E-state index is 0.349. The zero-order valence-corrected chi connectivity index (χ0v) is 12.8. The number of hydrogen-bond acceptors (Lipinski definition) is 3. The van der Waals surface area contributed by atoms with E-state index in [1.807, 2.05) is 20.0 Å². The smallest absolute Gasteiger partial charge is 0.128 e. The standard InChI is InChI=1S/C17H25NO2/c1-12-11-18-16(13(2)17(12)20-3)10-15(19)9-14-7-5-4-6-8-14/h7,11,15,19H,4-6,8-10H2,1-3H3. The summed E-state index contributed by atoms with van der Waals surface area (Å²) in [6.07, 6.45) is 9.99. The van der Waals surface area contributed by atoms with E-state index in [9.17, 15) is 5.11 Å². The lowest BCUT2D eigenvalue weighted by atomic mass is 9.93. The first-order chi connectivity index (χ1) is 9.61. The van der Waals surface area contributed by atoms with Gasteiger partial charge in [-0.15, -0.1) is 0 Å². The molecule has 1 aromatic heterocycles. The highest BCUT2D eigenvalue weighted by molar-refractivity contribution is 5.41. The molecule has 0 aliphatic heterocycles. The second-order valence-electron chi connectivity index (χ2n) is 5.72. The lowest BCUT2D eigenvalue weighted by Crippen LogP contribution is -2.15. The fourth-order valence-electron chi connectivity index (χ4n) is 2.96. The summed E-state index contributed by atoms with van der Waals surface area (Å²) in [5.74, 6) is 0.888. The number of methoxy groups -OCH3 is 1. The molecular formula is C17H25NO2.